The van der Waals surface area contributed by atoms with Gasteiger partial charge < -0.3 is 10.4 Å². The van der Waals surface area contributed by atoms with Crippen molar-refractivity contribution in [1.29, 1.82) is 0 Å². The van der Waals surface area contributed by atoms with E-state index in [1.54, 1.807) is 0 Å². The molecule has 0 aliphatic carbocycles. The fourth-order valence-electron chi connectivity index (χ4n) is 1.06. The Morgan fingerprint density at radius 3 is 2.87 bits per heavy atom. The van der Waals surface area contributed by atoms with E-state index in [-0.39, 0.29) is 12.1 Å². The van der Waals surface area contributed by atoms with Crippen LogP contribution in [0.2, 0.25) is 0 Å². The van der Waals surface area contributed by atoms with Gasteiger partial charge in [0, 0.05) is 22.3 Å². The number of nitrogens with one attached hydrogen (secondary N) is 1. The summed E-state index contributed by atoms with van der Waals surface area (Å²) in [5.74, 6) is -0.980. The Balaban J connectivity index is 2.70. The maximum atomic E-state index is 10.5. The van der Waals surface area contributed by atoms with Crippen LogP contribution >= 0.6 is 15.9 Å². The third-order valence-corrected chi connectivity index (χ3v) is 3.04. The van der Waals surface area contributed by atoms with Crippen molar-refractivity contribution in [3.05, 3.63) is 40.4 Å². The average Bonchev–Trinajstić information content (AvgIpc) is 2.19. The second kappa shape index (κ2) is 4.98. The summed E-state index contributed by atoms with van der Waals surface area (Å²) >= 11 is 3.43. The van der Waals surface area contributed by atoms with Crippen LogP contribution in [-0.2, 0) is 4.79 Å². The number of benzene rings is 1. The summed E-state index contributed by atoms with van der Waals surface area (Å²) in [5, 5.41) is 11.6. The quantitative estimate of drug-likeness (QED) is 0.827. The van der Waals surface area contributed by atoms with E-state index in [1.807, 2.05) is 25.1 Å². The van der Waals surface area contributed by atoms with Crippen LogP contribution in [0.1, 0.15) is 5.56 Å². The largest absolute Gasteiger partial charge is 0.478 e. The molecule has 0 atom stereocenters. The maximum absolute atomic E-state index is 10.5. The van der Waals surface area contributed by atoms with Crippen molar-refractivity contribution in [2.75, 3.05) is 11.9 Å². The van der Waals surface area contributed by atoms with Crippen LogP contribution in [0, 0.1) is 6.92 Å². The Bertz CT molecular complexity index is 402. The molecule has 0 saturated heterocycles. The number of hydrogen-bond acceptors (Lipinski definition) is 2. The number of carboxylic acid groups (broad SMARTS) is 1. The molecule has 0 bridgehead atoms. The second-order valence-electron chi connectivity index (χ2n) is 3.20. The smallest absolute Gasteiger partial charge is 0.332 e. The number of carboxylic acids is 1. The van der Waals surface area contributed by atoms with E-state index in [0.29, 0.717) is 0 Å². The van der Waals surface area contributed by atoms with Gasteiger partial charge in [-0.25, -0.2) is 4.79 Å². The van der Waals surface area contributed by atoms with E-state index >= 15 is 0 Å². The van der Waals surface area contributed by atoms with Crippen molar-refractivity contribution in [3.63, 3.8) is 0 Å². The van der Waals surface area contributed by atoms with Gasteiger partial charge in [-0.15, -0.1) is 0 Å². The summed E-state index contributed by atoms with van der Waals surface area (Å²) in [5.41, 5.74) is 2.11. The molecular formula is C11H12BrNO2. The van der Waals surface area contributed by atoms with E-state index in [0.717, 1.165) is 15.7 Å². The van der Waals surface area contributed by atoms with Crippen LogP contribution in [-0.4, -0.2) is 17.6 Å². The number of aryl methyl sites for hydroxylation is 1. The molecule has 0 saturated carbocycles. The third kappa shape index (κ3) is 3.09. The predicted molar refractivity (Wildman–Crippen MR) is 64.1 cm³/mol. The molecule has 4 heteroatoms. The monoisotopic (exact) mass is 269 g/mol. The summed E-state index contributed by atoms with van der Waals surface area (Å²) in [6.07, 6.45) is 0. The lowest BCUT2D eigenvalue weighted by molar-refractivity contribution is -0.132. The number of rotatable bonds is 4. The van der Waals surface area contributed by atoms with Crippen LogP contribution in [0.4, 0.5) is 5.69 Å². The van der Waals surface area contributed by atoms with Gasteiger partial charge in [0.1, 0.15) is 0 Å². The van der Waals surface area contributed by atoms with Gasteiger partial charge >= 0.3 is 5.97 Å². The van der Waals surface area contributed by atoms with Crippen molar-refractivity contribution in [2.24, 2.45) is 0 Å². The van der Waals surface area contributed by atoms with Crippen molar-refractivity contribution in [1.82, 2.24) is 0 Å². The predicted octanol–water partition coefficient (Wildman–Crippen LogP) is 2.81. The normalized spacial score (nSPS) is 9.73. The van der Waals surface area contributed by atoms with Gasteiger partial charge in [-0.05, 0) is 34.5 Å². The van der Waals surface area contributed by atoms with Crippen molar-refractivity contribution < 1.29 is 9.90 Å². The molecule has 0 aliphatic heterocycles. The molecular weight excluding hydrogens is 258 g/mol. The average molecular weight is 270 g/mol. The Morgan fingerprint density at radius 1 is 1.60 bits per heavy atom. The molecule has 0 spiro atoms. The Kier molecular flexibility index (Phi) is 3.91. The molecule has 0 radical (unpaired) electrons. The van der Waals surface area contributed by atoms with Gasteiger partial charge in [-0.2, -0.15) is 0 Å². The Hall–Kier alpha value is -1.29. The molecule has 15 heavy (non-hydrogen) atoms. The van der Waals surface area contributed by atoms with E-state index < -0.39 is 5.97 Å². The molecule has 2 N–H and O–H groups in total. The van der Waals surface area contributed by atoms with Gasteiger partial charge in [0.15, 0.2) is 0 Å². The summed E-state index contributed by atoms with van der Waals surface area (Å²) < 4.78 is 0.947. The number of halogens is 1. The summed E-state index contributed by atoms with van der Waals surface area (Å²) in [6.45, 7) is 5.65. The third-order valence-electron chi connectivity index (χ3n) is 1.99. The molecule has 1 aromatic carbocycles. The molecule has 80 valence electrons. The molecule has 0 amide bonds. The zero-order valence-electron chi connectivity index (χ0n) is 8.38. The van der Waals surface area contributed by atoms with Crippen LogP contribution < -0.4 is 5.32 Å². The first-order valence-corrected chi connectivity index (χ1v) is 5.21. The van der Waals surface area contributed by atoms with E-state index in [4.69, 9.17) is 5.11 Å². The lowest BCUT2D eigenvalue weighted by atomic mass is 10.2. The minimum atomic E-state index is -0.980. The molecule has 0 unspecified atom stereocenters. The summed E-state index contributed by atoms with van der Waals surface area (Å²) in [4.78, 5) is 10.5. The summed E-state index contributed by atoms with van der Waals surface area (Å²) in [7, 11) is 0. The number of hydrogen-bond donors (Lipinski definition) is 2. The lowest BCUT2D eigenvalue weighted by Crippen LogP contribution is -2.11. The van der Waals surface area contributed by atoms with Gasteiger partial charge in [0.2, 0.25) is 0 Å². The molecule has 1 rings (SSSR count). The highest BCUT2D eigenvalue weighted by Gasteiger charge is 2.05. The van der Waals surface area contributed by atoms with Gasteiger partial charge in [-0.1, -0.05) is 18.7 Å². The van der Waals surface area contributed by atoms with E-state index in [9.17, 15) is 4.79 Å². The zero-order chi connectivity index (χ0) is 11.4. The fraction of sp³-hybridized carbons (Fsp3) is 0.182. The lowest BCUT2D eigenvalue weighted by Gasteiger charge is -2.09. The Morgan fingerprint density at radius 2 is 2.27 bits per heavy atom. The SMILES string of the molecule is C=C(CNc1cccc(C)c1Br)C(=O)O. The highest BCUT2D eigenvalue weighted by atomic mass is 79.9. The van der Waals surface area contributed by atoms with E-state index in [1.165, 1.54) is 0 Å². The minimum Gasteiger partial charge on any atom is -0.478 e. The van der Waals surface area contributed by atoms with Crippen molar-refractivity contribution in [2.45, 2.75) is 6.92 Å². The van der Waals surface area contributed by atoms with E-state index in [2.05, 4.69) is 27.8 Å². The topological polar surface area (TPSA) is 49.3 Å². The molecule has 0 heterocycles. The first kappa shape index (κ1) is 11.8. The fourth-order valence-corrected chi connectivity index (χ4v) is 1.47. The second-order valence-corrected chi connectivity index (χ2v) is 3.99. The first-order chi connectivity index (χ1) is 7.02. The number of aliphatic carboxylic acids is 1. The van der Waals surface area contributed by atoms with Gasteiger partial charge in [0.25, 0.3) is 0 Å². The summed E-state index contributed by atoms with van der Waals surface area (Å²) in [6, 6.07) is 5.76. The van der Waals surface area contributed by atoms with Crippen molar-refractivity contribution in [3.8, 4) is 0 Å². The molecule has 0 fully saturated rings. The number of carbonyl (C=O) groups is 1. The maximum Gasteiger partial charge on any atom is 0.332 e. The van der Waals surface area contributed by atoms with Crippen LogP contribution in [0.5, 0.6) is 0 Å². The van der Waals surface area contributed by atoms with Gasteiger partial charge in [-0.3, -0.25) is 0 Å². The molecule has 3 nitrogen and oxygen atoms in total. The Labute approximate surface area is 96.9 Å². The molecule has 1 aromatic rings. The van der Waals surface area contributed by atoms with Crippen LogP contribution in [0.15, 0.2) is 34.8 Å². The molecule has 0 aliphatic rings. The standard InChI is InChI=1S/C11H12BrNO2/c1-7-4-3-5-9(10(7)12)13-6-8(2)11(14)15/h3-5,13H,2,6H2,1H3,(H,14,15). The van der Waals surface area contributed by atoms with Crippen LogP contribution in [0.25, 0.3) is 0 Å². The van der Waals surface area contributed by atoms with Crippen LogP contribution in [0.3, 0.4) is 0 Å². The zero-order valence-corrected chi connectivity index (χ0v) is 9.97. The molecule has 0 aromatic heterocycles. The first-order valence-electron chi connectivity index (χ1n) is 4.42. The number of anilines is 1. The highest BCUT2D eigenvalue weighted by molar-refractivity contribution is 9.10. The minimum absolute atomic E-state index is 0.142. The highest BCUT2D eigenvalue weighted by Crippen LogP contribution is 2.25. The van der Waals surface area contributed by atoms with Gasteiger partial charge in [0.05, 0.1) is 0 Å². The van der Waals surface area contributed by atoms with Crippen molar-refractivity contribution >= 4 is 27.6 Å².